The van der Waals surface area contributed by atoms with Crippen molar-refractivity contribution in [3.05, 3.63) is 38.5 Å². The van der Waals surface area contributed by atoms with Crippen LogP contribution in [0.3, 0.4) is 0 Å². The molecule has 74 valence electrons. The first-order valence-electron chi connectivity index (χ1n) is 4.28. The molecule has 2 heterocycles. The van der Waals surface area contributed by atoms with E-state index in [9.17, 15) is 9.59 Å². The van der Waals surface area contributed by atoms with Gasteiger partial charge in [-0.25, -0.2) is 9.78 Å². The third-order valence-electron chi connectivity index (χ3n) is 1.62. The van der Waals surface area contributed by atoms with E-state index in [0.717, 1.165) is 0 Å². The minimum absolute atomic E-state index is 0.208. The summed E-state index contributed by atoms with van der Waals surface area (Å²) in [4.78, 5) is 28.0. The highest BCUT2D eigenvalue weighted by atomic mass is 16.2. The van der Waals surface area contributed by atoms with Crippen LogP contribution in [0.1, 0.15) is 13.8 Å². The maximum absolute atomic E-state index is 11.1. The lowest BCUT2D eigenvalue weighted by molar-refractivity contribution is 0.965. The number of imidazole rings is 1. The van der Waals surface area contributed by atoms with E-state index >= 15 is 0 Å². The first-order valence-corrected chi connectivity index (χ1v) is 4.28. The summed E-state index contributed by atoms with van der Waals surface area (Å²) in [5.74, 6) is 0. The van der Waals surface area contributed by atoms with E-state index in [2.05, 4.69) is 16.5 Å². The molecule has 0 bridgehead atoms. The molecule has 5 heteroatoms. The first-order chi connectivity index (χ1) is 6.70. The fourth-order valence-electron chi connectivity index (χ4n) is 1.02. The van der Waals surface area contributed by atoms with Crippen LogP contribution < -0.4 is 16.5 Å². The molecule has 0 unspecified atom stereocenters. The number of nitrogens with zero attached hydrogens (tertiary/aromatic N) is 2. The number of hydrogen-bond donors (Lipinski definition) is 1. The Morgan fingerprint density at radius 3 is 2.71 bits per heavy atom. The van der Waals surface area contributed by atoms with Crippen molar-refractivity contribution in [3.63, 3.8) is 0 Å². The van der Waals surface area contributed by atoms with Gasteiger partial charge in [-0.2, -0.15) is 0 Å². The molecule has 2 aromatic heterocycles. The van der Waals surface area contributed by atoms with Gasteiger partial charge >= 0.3 is 5.69 Å². The van der Waals surface area contributed by atoms with Gasteiger partial charge in [-0.3, -0.25) is 14.2 Å². The zero-order chi connectivity index (χ0) is 10.7. The van der Waals surface area contributed by atoms with Crippen LogP contribution in [0.25, 0.3) is 12.2 Å². The van der Waals surface area contributed by atoms with E-state index in [1.54, 1.807) is 0 Å². The zero-order valence-corrected chi connectivity index (χ0v) is 8.07. The number of H-pyrrole nitrogens is 1. The lowest BCUT2D eigenvalue weighted by Gasteiger charge is -1.88. The smallest absolute Gasteiger partial charge is 0.273 e. The third-order valence-corrected chi connectivity index (χ3v) is 1.62. The van der Waals surface area contributed by atoms with Crippen LogP contribution in [0.5, 0.6) is 0 Å². The standard InChI is InChI=1S/C7H5N3O2.C2H6/c1-4-5-8-2-3-10(5)7(12)9-6(4)11;1-2/h2-3H,1H2,(H,9,11,12);1-2H3. The minimum Gasteiger partial charge on any atom is -0.273 e. The second-order valence-electron chi connectivity index (χ2n) is 2.36. The highest BCUT2D eigenvalue weighted by molar-refractivity contribution is 5.39. The van der Waals surface area contributed by atoms with Gasteiger partial charge in [0.05, 0.1) is 5.22 Å². The zero-order valence-electron chi connectivity index (χ0n) is 8.07. The van der Waals surface area contributed by atoms with Crippen molar-refractivity contribution in [2.75, 3.05) is 0 Å². The summed E-state index contributed by atoms with van der Waals surface area (Å²) in [6, 6.07) is 0. The van der Waals surface area contributed by atoms with E-state index < -0.39 is 11.2 Å². The molecule has 0 aromatic carbocycles. The van der Waals surface area contributed by atoms with Crippen molar-refractivity contribution in [1.29, 1.82) is 0 Å². The van der Waals surface area contributed by atoms with Gasteiger partial charge in [0.25, 0.3) is 5.56 Å². The quantitative estimate of drug-likeness (QED) is 0.615. The Balaban J connectivity index is 0.000000461. The number of fused-ring (bicyclic) bond motifs is 1. The van der Waals surface area contributed by atoms with Crippen molar-refractivity contribution in [3.8, 4) is 0 Å². The molecule has 0 radical (unpaired) electrons. The second kappa shape index (κ2) is 3.87. The maximum atomic E-state index is 11.1. The van der Waals surface area contributed by atoms with Crippen LogP contribution in [0.2, 0.25) is 0 Å². The Morgan fingerprint density at radius 1 is 1.43 bits per heavy atom. The Morgan fingerprint density at radius 2 is 2.07 bits per heavy atom. The summed E-state index contributed by atoms with van der Waals surface area (Å²) < 4.78 is 1.24. The van der Waals surface area contributed by atoms with Gasteiger partial charge in [0.15, 0.2) is 5.65 Å². The second-order valence-corrected chi connectivity index (χ2v) is 2.36. The van der Waals surface area contributed by atoms with Crippen molar-refractivity contribution >= 4 is 12.2 Å². The highest BCUT2D eigenvalue weighted by Crippen LogP contribution is 1.82. The fourth-order valence-corrected chi connectivity index (χ4v) is 1.02. The topological polar surface area (TPSA) is 67.2 Å². The van der Waals surface area contributed by atoms with E-state index in [-0.39, 0.29) is 5.22 Å². The molecule has 0 spiro atoms. The van der Waals surface area contributed by atoms with Crippen LogP contribution >= 0.6 is 0 Å². The van der Waals surface area contributed by atoms with Crippen LogP contribution in [0.4, 0.5) is 0 Å². The van der Waals surface area contributed by atoms with Gasteiger partial charge in [-0.05, 0) is 0 Å². The molecule has 0 saturated heterocycles. The molecule has 0 aliphatic rings. The Hall–Kier alpha value is -1.91. The average molecular weight is 193 g/mol. The Kier molecular flexibility index (Phi) is 2.81. The number of nitrogens with one attached hydrogen (secondary N) is 1. The maximum Gasteiger partial charge on any atom is 0.334 e. The Labute approximate surface area is 79.7 Å². The molecular weight excluding hydrogens is 182 g/mol. The lowest BCUT2D eigenvalue weighted by atomic mass is 10.5. The monoisotopic (exact) mass is 193 g/mol. The molecule has 0 fully saturated rings. The number of aromatic nitrogens is 3. The molecule has 0 aliphatic heterocycles. The number of aromatic amines is 1. The van der Waals surface area contributed by atoms with Gasteiger partial charge < -0.3 is 0 Å². The summed E-state index contributed by atoms with van der Waals surface area (Å²) in [7, 11) is 0. The predicted octanol–water partition coefficient (Wildman–Crippen LogP) is -0.462. The summed E-state index contributed by atoms with van der Waals surface area (Å²) >= 11 is 0. The van der Waals surface area contributed by atoms with Crippen LogP contribution in [0.15, 0.2) is 22.0 Å². The molecule has 2 rings (SSSR count). The van der Waals surface area contributed by atoms with Crippen LogP contribution in [-0.4, -0.2) is 14.4 Å². The average Bonchev–Trinajstić information content (AvgIpc) is 2.67. The van der Waals surface area contributed by atoms with Crippen molar-refractivity contribution in [2.45, 2.75) is 13.8 Å². The van der Waals surface area contributed by atoms with Gasteiger partial charge in [-0.1, -0.05) is 20.4 Å². The van der Waals surface area contributed by atoms with E-state index in [0.29, 0.717) is 5.65 Å². The highest BCUT2D eigenvalue weighted by Gasteiger charge is 2.00. The largest absolute Gasteiger partial charge is 0.334 e. The molecule has 1 N–H and O–H groups in total. The summed E-state index contributed by atoms with van der Waals surface area (Å²) in [5, 5.41) is 0.208. The third kappa shape index (κ3) is 1.44. The number of rotatable bonds is 0. The van der Waals surface area contributed by atoms with E-state index in [1.165, 1.54) is 16.8 Å². The molecule has 0 amide bonds. The molecule has 2 aromatic rings. The SMILES string of the molecule is C=c1c(=O)[nH]c(=O)n2ccnc12.CC. The normalized spacial score (nSPS) is 9.57. The first kappa shape index (κ1) is 10.2. The minimum atomic E-state index is -0.487. The summed E-state index contributed by atoms with van der Waals surface area (Å²) in [6.07, 6.45) is 2.92. The van der Waals surface area contributed by atoms with Gasteiger partial charge in [-0.15, -0.1) is 0 Å². The van der Waals surface area contributed by atoms with E-state index in [4.69, 9.17) is 0 Å². The summed E-state index contributed by atoms with van der Waals surface area (Å²) in [6.45, 7) is 7.50. The molecule has 0 saturated carbocycles. The lowest BCUT2D eigenvalue weighted by Crippen LogP contribution is -2.36. The molecule has 0 aliphatic carbocycles. The van der Waals surface area contributed by atoms with Crippen molar-refractivity contribution in [1.82, 2.24) is 14.4 Å². The van der Waals surface area contributed by atoms with E-state index in [1.807, 2.05) is 13.8 Å². The molecular formula is C9H11N3O2. The number of hydrogen-bond acceptors (Lipinski definition) is 3. The molecule has 14 heavy (non-hydrogen) atoms. The van der Waals surface area contributed by atoms with Crippen LogP contribution in [0, 0.1) is 0 Å². The fraction of sp³-hybridized carbons (Fsp3) is 0.222. The molecule has 5 nitrogen and oxygen atoms in total. The molecule has 0 atom stereocenters. The Bertz CT molecular complexity index is 582. The van der Waals surface area contributed by atoms with Crippen molar-refractivity contribution < 1.29 is 0 Å². The summed E-state index contributed by atoms with van der Waals surface area (Å²) in [5.41, 5.74) is -0.664. The van der Waals surface area contributed by atoms with Crippen LogP contribution in [-0.2, 0) is 0 Å². The predicted molar refractivity (Wildman–Crippen MR) is 54.2 cm³/mol. The van der Waals surface area contributed by atoms with Crippen molar-refractivity contribution in [2.24, 2.45) is 0 Å². The van der Waals surface area contributed by atoms with Gasteiger partial charge in [0, 0.05) is 12.4 Å². The van der Waals surface area contributed by atoms with Gasteiger partial charge in [0.2, 0.25) is 0 Å². The van der Waals surface area contributed by atoms with Gasteiger partial charge in [0.1, 0.15) is 0 Å².